The third-order valence-corrected chi connectivity index (χ3v) is 7.87. The van der Waals surface area contributed by atoms with E-state index in [4.69, 9.17) is 5.73 Å². The van der Waals surface area contributed by atoms with Gasteiger partial charge in [0, 0.05) is 31.3 Å². The van der Waals surface area contributed by atoms with Crippen molar-refractivity contribution in [3.63, 3.8) is 0 Å². The van der Waals surface area contributed by atoms with Crippen molar-refractivity contribution < 1.29 is 52.8 Å². The Morgan fingerprint density at radius 2 is 1.76 bits per heavy atom. The summed E-state index contributed by atoms with van der Waals surface area (Å²) in [4.78, 5) is 54.6. The van der Waals surface area contributed by atoms with Crippen LogP contribution < -0.4 is 16.0 Å². The number of aliphatic hydroxyl groups excluding tert-OH is 2. The van der Waals surface area contributed by atoms with Crippen LogP contribution in [0.5, 0.6) is 5.75 Å². The second-order valence-electron chi connectivity index (χ2n) is 10.8. The van der Waals surface area contributed by atoms with Crippen molar-refractivity contribution in [2.75, 3.05) is 39.6 Å². The molecule has 1 saturated carbocycles. The van der Waals surface area contributed by atoms with Gasteiger partial charge in [0.25, 0.3) is 11.8 Å². The number of ketones is 2. The smallest absolute Gasteiger partial charge is 0.405 e. The van der Waals surface area contributed by atoms with E-state index in [1.807, 2.05) is 0 Å². The first kappa shape index (κ1) is 29.9. The fourth-order valence-corrected chi connectivity index (χ4v) is 6.14. The predicted molar refractivity (Wildman–Crippen MR) is 137 cm³/mol. The van der Waals surface area contributed by atoms with Gasteiger partial charge >= 0.3 is 6.18 Å². The predicted octanol–water partition coefficient (Wildman–Crippen LogP) is 0.322. The highest BCUT2D eigenvalue weighted by atomic mass is 19.4. The summed E-state index contributed by atoms with van der Waals surface area (Å²) in [6, 6.07) is -0.103. The second-order valence-corrected chi connectivity index (χ2v) is 10.8. The topological polar surface area (TPSA) is 194 Å². The number of nitrogens with one attached hydrogen (secondary N) is 1. The Morgan fingerprint density at radius 3 is 2.27 bits per heavy atom. The molecule has 3 aliphatic rings. The molecular formula is C26H29F3N4O8. The molecule has 222 valence electrons. The van der Waals surface area contributed by atoms with Crippen LogP contribution in [0.2, 0.25) is 0 Å². The standard InChI is InChI=1S/C26H29F3N4O8/c1-32(2)13-7-11(24(40)31-8-25(27,28)29)18(34)15-10(13)5-9-6-12-17(33(3)4)20(36)16(23(30)39)22(38)26(12,41)21(37)14(9)19(15)35/h7,9,12,17,34-35,38,41H,5-6,8H2,1-4H3,(H2,30,39)(H,31,40)/t9?,12-,17-,26-/m0/s1. The molecule has 12 nitrogen and oxygen atoms in total. The SMILES string of the molecule is CN(C)c1cc(C(=O)NCC(F)(F)F)c(O)c2c1CC1C[C@H]3[C@H](N(C)C)C(=O)C(C(N)=O)=C(O)[C@@]3(O)C(=O)C1=C2O. The molecule has 1 unspecified atom stereocenters. The van der Waals surface area contributed by atoms with Crippen LogP contribution in [0.1, 0.15) is 27.9 Å². The lowest BCUT2D eigenvalue weighted by molar-refractivity contribution is -0.153. The maximum atomic E-state index is 13.9. The van der Waals surface area contributed by atoms with Crippen LogP contribution in [0, 0.1) is 11.8 Å². The molecule has 1 aromatic carbocycles. The number of phenols is 1. The van der Waals surface area contributed by atoms with E-state index in [2.05, 4.69) is 0 Å². The number of alkyl halides is 3. The molecule has 2 amide bonds. The van der Waals surface area contributed by atoms with Crippen molar-refractivity contribution in [1.29, 1.82) is 0 Å². The number of hydrogen-bond donors (Lipinski definition) is 6. The van der Waals surface area contributed by atoms with Crippen LogP contribution in [0.3, 0.4) is 0 Å². The lowest BCUT2D eigenvalue weighted by Gasteiger charge is -2.50. The number of benzene rings is 1. The zero-order valence-corrected chi connectivity index (χ0v) is 22.5. The molecule has 0 radical (unpaired) electrons. The Labute approximate surface area is 231 Å². The molecular weight excluding hydrogens is 553 g/mol. The van der Waals surface area contributed by atoms with Gasteiger partial charge in [0.2, 0.25) is 5.78 Å². The number of nitrogens with zero attached hydrogens (tertiary/aromatic N) is 2. The fraction of sp³-hybridized carbons (Fsp3) is 0.462. The van der Waals surface area contributed by atoms with Gasteiger partial charge in [-0.2, -0.15) is 13.2 Å². The number of carbonyl (C=O) groups excluding carboxylic acids is 4. The summed E-state index contributed by atoms with van der Waals surface area (Å²) in [7, 11) is 6.06. The normalized spacial score (nSPS) is 26.0. The molecule has 0 heterocycles. The van der Waals surface area contributed by atoms with E-state index in [1.54, 1.807) is 19.4 Å². The van der Waals surface area contributed by atoms with Crippen molar-refractivity contribution in [2.45, 2.75) is 30.7 Å². The number of primary amides is 1. The Morgan fingerprint density at radius 1 is 1.15 bits per heavy atom. The molecule has 41 heavy (non-hydrogen) atoms. The monoisotopic (exact) mass is 582 g/mol. The summed E-state index contributed by atoms with van der Waals surface area (Å²) < 4.78 is 38.1. The minimum atomic E-state index is -4.74. The number of amides is 2. The van der Waals surface area contributed by atoms with E-state index in [9.17, 15) is 52.8 Å². The number of nitrogens with two attached hydrogens (primary N) is 1. The van der Waals surface area contributed by atoms with E-state index >= 15 is 0 Å². The number of aromatic hydroxyl groups is 1. The number of Topliss-reactive ketones (excluding diaryl/α,β-unsaturated/α-hetero) is 2. The van der Waals surface area contributed by atoms with Crippen molar-refractivity contribution in [3.05, 3.63) is 39.7 Å². The van der Waals surface area contributed by atoms with E-state index in [0.717, 1.165) is 6.07 Å². The molecule has 1 fully saturated rings. The Balaban J connectivity index is 1.95. The highest BCUT2D eigenvalue weighted by Gasteiger charge is 2.64. The van der Waals surface area contributed by atoms with Crippen molar-refractivity contribution in [1.82, 2.24) is 10.2 Å². The van der Waals surface area contributed by atoms with Gasteiger partial charge in [-0.1, -0.05) is 0 Å². The fourth-order valence-electron chi connectivity index (χ4n) is 6.14. The molecule has 7 N–H and O–H groups in total. The molecule has 4 atom stereocenters. The van der Waals surface area contributed by atoms with Crippen molar-refractivity contribution in [2.24, 2.45) is 17.6 Å². The molecule has 3 aliphatic carbocycles. The van der Waals surface area contributed by atoms with Crippen LogP contribution in [0.4, 0.5) is 18.9 Å². The number of anilines is 1. The summed E-state index contributed by atoms with van der Waals surface area (Å²) >= 11 is 0. The van der Waals surface area contributed by atoms with Crippen LogP contribution in [0.25, 0.3) is 5.76 Å². The third-order valence-electron chi connectivity index (χ3n) is 7.87. The molecule has 0 aliphatic heterocycles. The molecule has 1 aromatic rings. The van der Waals surface area contributed by atoms with Crippen LogP contribution in [0.15, 0.2) is 23.0 Å². The number of aliphatic hydroxyl groups is 3. The molecule has 4 rings (SSSR count). The highest BCUT2D eigenvalue weighted by molar-refractivity contribution is 6.24. The number of rotatable bonds is 5. The first-order valence-corrected chi connectivity index (χ1v) is 12.4. The van der Waals surface area contributed by atoms with E-state index in [0.29, 0.717) is 0 Å². The quantitative estimate of drug-likeness (QED) is 0.263. The lowest BCUT2D eigenvalue weighted by Crippen LogP contribution is -2.65. The van der Waals surface area contributed by atoms with E-state index in [-0.39, 0.29) is 24.1 Å². The minimum absolute atomic E-state index is 0.0555. The second kappa shape index (κ2) is 9.76. The Bertz CT molecular complexity index is 1450. The summed E-state index contributed by atoms with van der Waals surface area (Å²) in [5, 5.41) is 46.6. The number of fused-ring (bicyclic) bond motifs is 3. The van der Waals surface area contributed by atoms with Gasteiger partial charge in [0.1, 0.15) is 29.4 Å². The maximum Gasteiger partial charge on any atom is 0.405 e. The van der Waals surface area contributed by atoms with Gasteiger partial charge < -0.3 is 36.4 Å². The van der Waals surface area contributed by atoms with Crippen molar-refractivity contribution >= 4 is 34.8 Å². The highest BCUT2D eigenvalue weighted by Crippen LogP contribution is 2.54. The zero-order chi connectivity index (χ0) is 30.9. The van der Waals surface area contributed by atoms with Gasteiger partial charge in [0.15, 0.2) is 11.4 Å². The van der Waals surface area contributed by atoms with Gasteiger partial charge in [-0.25, -0.2) is 0 Å². The van der Waals surface area contributed by atoms with Crippen LogP contribution in [-0.2, 0) is 20.8 Å². The maximum absolute atomic E-state index is 13.9. The Kier molecular flexibility index (Phi) is 7.11. The van der Waals surface area contributed by atoms with E-state index < -0.39 is 99.1 Å². The first-order valence-electron chi connectivity index (χ1n) is 12.4. The summed E-state index contributed by atoms with van der Waals surface area (Å²) in [6.07, 6.45) is -4.94. The lowest BCUT2D eigenvalue weighted by atomic mass is 9.57. The van der Waals surface area contributed by atoms with Gasteiger partial charge in [-0.05, 0) is 44.5 Å². The molecule has 0 bridgehead atoms. The minimum Gasteiger partial charge on any atom is -0.508 e. The third kappa shape index (κ3) is 4.48. The molecule has 0 saturated heterocycles. The number of halogens is 3. The number of likely N-dealkylation sites (N-methyl/N-ethyl adjacent to an activating group) is 1. The summed E-state index contributed by atoms with van der Waals surface area (Å²) in [5.41, 5.74) is 0.496. The zero-order valence-electron chi connectivity index (χ0n) is 22.5. The van der Waals surface area contributed by atoms with Gasteiger partial charge in [0.05, 0.1) is 17.2 Å². The number of phenolic OH excluding ortho intramolecular Hbond substituents is 1. The van der Waals surface area contributed by atoms with Gasteiger partial charge in [-0.3, -0.25) is 24.1 Å². The van der Waals surface area contributed by atoms with Crippen LogP contribution >= 0.6 is 0 Å². The molecule has 15 heteroatoms. The van der Waals surface area contributed by atoms with Crippen LogP contribution in [-0.4, -0.2) is 101 Å². The number of hydrogen-bond acceptors (Lipinski definition) is 10. The molecule has 0 aromatic heterocycles. The van der Waals surface area contributed by atoms with Gasteiger partial charge in [-0.15, -0.1) is 0 Å². The van der Waals surface area contributed by atoms with Crippen molar-refractivity contribution in [3.8, 4) is 5.75 Å². The average Bonchev–Trinajstić information content (AvgIpc) is 2.83. The molecule has 0 spiro atoms. The summed E-state index contributed by atoms with van der Waals surface area (Å²) in [6.45, 7) is -1.69. The first-order chi connectivity index (χ1) is 18.8. The largest absolute Gasteiger partial charge is 0.508 e. The number of carbonyl (C=O) groups is 4. The Hall–Kier alpha value is -4.11. The average molecular weight is 583 g/mol. The van der Waals surface area contributed by atoms with E-state index in [1.165, 1.54) is 23.9 Å². The summed E-state index contributed by atoms with van der Waals surface area (Å²) in [5.74, 6) is -9.99.